The molecule has 2 N–H and O–H groups in total. The lowest BCUT2D eigenvalue weighted by atomic mass is 9.93. The Bertz CT molecular complexity index is 609. The van der Waals surface area contributed by atoms with Crippen LogP contribution in [-0.2, 0) is 6.42 Å². The average molecular weight is 271 g/mol. The number of fused-ring (bicyclic) bond motifs is 1. The molecule has 20 heavy (non-hydrogen) atoms. The number of aryl methyl sites for hydroxylation is 1. The Morgan fingerprint density at radius 3 is 2.65 bits per heavy atom. The van der Waals surface area contributed by atoms with Crippen molar-refractivity contribution in [3.05, 3.63) is 65.0 Å². The lowest BCUT2D eigenvalue weighted by Crippen LogP contribution is -2.24. The van der Waals surface area contributed by atoms with Crippen LogP contribution in [0.5, 0.6) is 5.75 Å². The van der Waals surface area contributed by atoms with Gasteiger partial charge >= 0.3 is 0 Å². The van der Waals surface area contributed by atoms with Crippen molar-refractivity contribution in [2.45, 2.75) is 31.9 Å². The molecule has 2 unspecified atom stereocenters. The maximum atomic E-state index is 13.3. The van der Waals surface area contributed by atoms with Gasteiger partial charge in [-0.25, -0.2) is 4.39 Å². The molecule has 0 amide bonds. The van der Waals surface area contributed by atoms with Crippen LogP contribution in [0.4, 0.5) is 4.39 Å². The van der Waals surface area contributed by atoms with Crippen molar-refractivity contribution in [1.82, 2.24) is 0 Å². The van der Waals surface area contributed by atoms with Gasteiger partial charge in [0.15, 0.2) is 0 Å². The number of hydrogen-bond donors (Lipinski definition) is 1. The first kappa shape index (κ1) is 13.1. The van der Waals surface area contributed by atoms with Crippen LogP contribution in [0.2, 0.25) is 0 Å². The van der Waals surface area contributed by atoms with Gasteiger partial charge in [-0.3, -0.25) is 0 Å². The maximum Gasteiger partial charge on any atom is 0.127 e. The summed E-state index contributed by atoms with van der Waals surface area (Å²) in [6.07, 6.45) is 1.62. The highest BCUT2D eigenvalue weighted by atomic mass is 19.1. The first-order valence-corrected chi connectivity index (χ1v) is 6.98. The van der Waals surface area contributed by atoms with Crippen molar-refractivity contribution in [2.24, 2.45) is 5.73 Å². The van der Waals surface area contributed by atoms with E-state index in [1.165, 1.54) is 17.7 Å². The SMILES string of the molecule is CCc1ccc(C2CC(N)c3ccc(F)cc3O2)cc1. The molecule has 1 aliphatic heterocycles. The zero-order chi connectivity index (χ0) is 14.1. The van der Waals surface area contributed by atoms with Crippen molar-refractivity contribution in [1.29, 1.82) is 0 Å². The van der Waals surface area contributed by atoms with E-state index in [0.717, 1.165) is 17.5 Å². The molecule has 0 saturated heterocycles. The smallest absolute Gasteiger partial charge is 0.127 e. The Balaban J connectivity index is 1.89. The molecular formula is C17H18FNO. The lowest BCUT2D eigenvalue weighted by molar-refractivity contribution is 0.160. The van der Waals surface area contributed by atoms with Crippen LogP contribution in [0.3, 0.4) is 0 Å². The van der Waals surface area contributed by atoms with Gasteiger partial charge in [-0.1, -0.05) is 37.3 Å². The molecule has 1 heterocycles. The first-order chi connectivity index (χ1) is 9.67. The van der Waals surface area contributed by atoms with E-state index < -0.39 is 0 Å². The summed E-state index contributed by atoms with van der Waals surface area (Å²) in [6.45, 7) is 2.13. The number of ether oxygens (including phenoxy) is 1. The molecule has 0 radical (unpaired) electrons. The predicted octanol–water partition coefficient (Wildman–Crippen LogP) is 3.91. The first-order valence-electron chi connectivity index (χ1n) is 6.98. The Morgan fingerprint density at radius 1 is 1.20 bits per heavy atom. The molecule has 104 valence electrons. The topological polar surface area (TPSA) is 35.2 Å². The molecule has 2 aromatic carbocycles. The van der Waals surface area contributed by atoms with Crippen molar-refractivity contribution >= 4 is 0 Å². The van der Waals surface area contributed by atoms with Gasteiger partial charge < -0.3 is 10.5 Å². The number of rotatable bonds is 2. The Hall–Kier alpha value is -1.87. The van der Waals surface area contributed by atoms with Crippen LogP contribution >= 0.6 is 0 Å². The van der Waals surface area contributed by atoms with E-state index in [4.69, 9.17) is 10.5 Å². The minimum atomic E-state index is -0.294. The van der Waals surface area contributed by atoms with Crippen LogP contribution in [0, 0.1) is 5.82 Å². The van der Waals surface area contributed by atoms with E-state index >= 15 is 0 Å². The molecule has 2 aromatic rings. The second kappa shape index (κ2) is 5.25. The van der Waals surface area contributed by atoms with E-state index in [1.807, 2.05) is 0 Å². The monoisotopic (exact) mass is 271 g/mol. The Labute approximate surface area is 118 Å². The molecule has 3 rings (SSSR count). The second-order valence-corrected chi connectivity index (χ2v) is 5.23. The van der Waals surface area contributed by atoms with Crippen molar-refractivity contribution in [2.75, 3.05) is 0 Å². The minimum Gasteiger partial charge on any atom is -0.485 e. The van der Waals surface area contributed by atoms with E-state index in [0.29, 0.717) is 12.2 Å². The summed E-state index contributed by atoms with van der Waals surface area (Å²) in [4.78, 5) is 0. The standard InChI is InChI=1S/C17H18FNO/c1-2-11-3-5-12(6-4-11)16-10-15(19)14-8-7-13(18)9-17(14)20-16/h3-9,15-16H,2,10,19H2,1H3. The van der Waals surface area contributed by atoms with Gasteiger partial charge in [0.05, 0.1) is 0 Å². The molecule has 0 bridgehead atoms. The van der Waals surface area contributed by atoms with E-state index in [9.17, 15) is 4.39 Å². The Kier molecular flexibility index (Phi) is 3.45. The van der Waals surface area contributed by atoms with E-state index in [2.05, 4.69) is 31.2 Å². The maximum absolute atomic E-state index is 13.3. The lowest BCUT2D eigenvalue weighted by Gasteiger charge is -2.30. The van der Waals surface area contributed by atoms with Crippen LogP contribution in [0.15, 0.2) is 42.5 Å². The minimum absolute atomic E-state index is 0.106. The van der Waals surface area contributed by atoms with Gasteiger partial charge in [0.2, 0.25) is 0 Å². The summed E-state index contributed by atoms with van der Waals surface area (Å²) in [5.74, 6) is 0.270. The van der Waals surface area contributed by atoms with Gasteiger partial charge in [-0.15, -0.1) is 0 Å². The van der Waals surface area contributed by atoms with Gasteiger partial charge in [0, 0.05) is 24.1 Å². The van der Waals surface area contributed by atoms with Crippen LogP contribution in [0.25, 0.3) is 0 Å². The van der Waals surface area contributed by atoms with Crippen molar-refractivity contribution in [3.8, 4) is 5.75 Å². The summed E-state index contributed by atoms with van der Waals surface area (Å²) in [7, 11) is 0. The number of halogens is 1. The largest absolute Gasteiger partial charge is 0.485 e. The molecule has 3 heteroatoms. The summed E-state index contributed by atoms with van der Waals surface area (Å²) >= 11 is 0. The average Bonchev–Trinajstić information content (AvgIpc) is 2.46. The second-order valence-electron chi connectivity index (χ2n) is 5.23. The van der Waals surface area contributed by atoms with Gasteiger partial charge in [0.25, 0.3) is 0 Å². The van der Waals surface area contributed by atoms with E-state index in [1.54, 1.807) is 6.07 Å². The highest BCUT2D eigenvalue weighted by Crippen LogP contribution is 2.39. The molecule has 2 atom stereocenters. The van der Waals surface area contributed by atoms with Gasteiger partial charge in [-0.2, -0.15) is 0 Å². The predicted molar refractivity (Wildman–Crippen MR) is 77.1 cm³/mol. The fourth-order valence-corrected chi connectivity index (χ4v) is 2.65. The number of benzene rings is 2. The highest BCUT2D eigenvalue weighted by Gasteiger charge is 2.27. The van der Waals surface area contributed by atoms with Crippen molar-refractivity contribution in [3.63, 3.8) is 0 Å². The molecule has 2 nitrogen and oxygen atoms in total. The molecule has 0 aromatic heterocycles. The number of nitrogens with two attached hydrogens (primary N) is 1. The van der Waals surface area contributed by atoms with Crippen molar-refractivity contribution < 1.29 is 9.13 Å². The fraction of sp³-hybridized carbons (Fsp3) is 0.294. The van der Waals surface area contributed by atoms with Crippen LogP contribution in [0.1, 0.15) is 42.2 Å². The summed E-state index contributed by atoms with van der Waals surface area (Å²) in [6, 6.07) is 12.8. The fourth-order valence-electron chi connectivity index (χ4n) is 2.65. The van der Waals surface area contributed by atoms with Crippen LogP contribution < -0.4 is 10.5 Å². The number of hydrogen-bond acceptors (Lipinski definition) is 2. The highest BCUT2D eigenvalue weighted by molar-refractivity contribution is 5.39. The molecule has 0 saturated carbocycles. The molecule has 0 aliphatic carbocycles. The van der Waals surface area contributed by atoms with E-state index in [-0.39, 0.29) is 18.0 Å². The summed E-state index contributed by atoms with van der Waals surface area (Å²) < 4.78 is 19.3. The zero-order valence-corrected chi connectivity index (χ0v) is 11.5. The zero-order valence-electron chi connectivity index (χ0n) is 11.5. The molecule has 1 aliphatic rings. The Morgan fingerprint density at radius 2 is 1.95 bits per heavy atom. The quantitative estimate of drug-likeness (QED) is 0.898. The molecule has 0 spiro atoms. The molecular weight excluding hydrogens is 253 g/mol. The van der Waals surface area contributed by atoms with Gasteiger partial charge in [-0.05, 0) is 23.6 Å². The summed E-state index contributed by atoms with van der Waals surface area (Å²) in [5.41, 5.74) is 9.44. The molecule has 0 fully saturated rings. The summed E-state index contributed by atoms with van der Waals surface area (Å²) in [5, 5.41) is 0. The third kappa shape index (κ3) is 2.41. The third-order valence-corrected chi connectivity index (χ3v) is 3.87. The normalized spacial score (nSPS) is 21.1. The third-order valence-electron chi connectivity index (χ3n) is 3.87. The van der Waals surface area contributed by atoms with Crippen LogP contribution in [-0.4, -0.2) is 0 Å². The van der Waals surface area contributed by atoms with Gasteiger partial charge in [0.1, 0.15) is 17.7 Å².